The fourth-order valence-electron chi connectivity index (χ4n) is 2.64. The summed E-state index contributed by atoms with van der Waals surface area (Å²) in [6, 6.07) is 8.05. The molecule has 1 heterocycles. The first-order chi connectivity index (χ1) is 10.2. The molecule has 0 saturated carbocycles. The monoisotopic (exact) mass is 294 g/mol. The third kappa shape index (κ3) is 4.88. The van der Waals surface area contributed by atoms with Gasteiger partial charge in [-0.3, -0.25) is 0 Å². The zero-order chi connectivity index (χ0) is 15.1. The summed E-state index contributed by atoms with van der Waals surface area (Å²) >= 11 is 0. The second-order valence-electron chi connectivity index (χ2n) is 5.55. The van der Waals surface area contributed by atoms with Gasteiger partial charge in [-0.25, -0.2) is 0 Å². The van der Waals surface area contributed by atoms with Crippen molar-refractivity contribution in [3.8, 4) is 11.5 Å². The SMILES string of the molecule is COc1ccccc1OCC(O)CNCC1CCCN1C. The average Bonchev–Trinajstić information content (AvgIpc) is 2.91. The molecule has 2 rings (SSSR count). The van der Waals surface area contributed by atoms with Gasteiger partial charge < -0.3 is 24.8 Å². The molecule has 2 unspecified atom stereocenters. The van der Waals surface area contributed by atoms with Crippen LogP contribution in [0.4, 0.5) is 0 Å². The van der Waals surface area contributed by atoms with Gasteiger partial charge in [0.05, 0.1) is 7.11 Å². The summed E-state index contributed by atoms with van der Waals surface area (Å²) in [4.78, 5) is 2.37. The van der Waals surface area contributed by atoms with E-state index >= 15 is 0 Å². The van der Waals surface area contributed by atoms with Crippen LogP contribution in [0.25, 0.3) is 0 Å². The Labute approximate surface area is 126 Å². The summed E-state index contributed by atoms with van der Waals surface area (Å²) in [6.07, 6.45) is 1.97. The molecule has 0 amide bonds. The number of hydrogen-bond donors (Lipinski definition) is 2. The van der Waals surface area contributed by atoms with Crippen LogP contribution in [0.1, 0.15) is 12.8 Å². The number of benzene rings is 1. The maximum Gasteiger partial charge on any atom is 0.161 e. The number of ether oxygens (including phenoxy) is 2. The summed E-state index contributed by atoms with van der Waals surface area (Å²) < 4.78 is 10.8. The van der Waals surface area contributed by atoms with Crippen LogP contribution in [-0.4, -0.2) is 62.6 Å². The van der Waals surface area contributed by atoms with Crippen molar-refractivity contribution in [1.29, 1.82) is 0 Å². The van der Waals surface area contributed by atoms with E-state index in [0.717, 1.165) is 6.54 Å². The van der Waals surface area contributed by atoms with Gasteiger partial charge in [-0.05, 0) is 38.6 Å². The van der Waals surface area contributed by atoms with Gasteiger partial charge in [0.25, 0.3) is 0 Å². The van der Waals surface area contributed by atoms with E-state index in [2.05, 4.69) is 17.3 Å². The zero-order valence-corrected chi connectivity index (χ0v) is 12.9. The number of likely N-dealkylation sites (N-methyl/N-ethyl adjacent to an activating group) is 1. The van der Waals surface area contributed by atoms with Crippen molar-refractivity contribution in [2.75, 3.05) is 40.4 Å². The van der Waals surface area contributed by atoms with Crippen LogP contribution in [0.5, 0.6) is 11.5 Å². The van der Waals surface area contributed by atoms with Crippen LogP contribution in [0.3, 0.4) is 0 Å². The largest absolute Gasteiger partial charge is 0.493 e. The van der Waals surface area contributed by atoms with Gasteiger partial charge in [0.15, 0.2) is 11.5 Å². The Hall–Kier alpha value is -1.30. The lowest BCUT2D eigenvalue weighted by Crippen LogP contribution is -2.39. The third-order valence-corrected chi connectivity index (χ3v) is 3.93. The van der Waals surface area contributed by atoms with Crippen molar-refractivity contribution in [2.45, 2.75) is 25.0 Å². The predicted molar refractivity (Wildman–Crippen MR) is 83.0 cm³/mol. The molecular formula is C16H26N2O3. The molecule has 2 atom stereocenters. The molecule has 0 spiro atoms. The van der Waals surface area contributed by atoms with E-state index in [1.165, 1.54) is 19.4 Å². The Morgan fingerprint density at radius 1 is 1.38 bits per heavy atom. The number of para-hydroxylation sites is 2. The Bertz CT molecular complexity index is 428. The third-order valence-electron chi connectivity index (χ3n) is 3.93. The van der Waals surface area contributed by atoms with Gasteiger partial charge in [0.1, 0.15) is 12.7 Å². The maximum absolute atomic E-state index is 9.97. The second kappa shape index (κ2) is 8.22. The standard InChI is InChI=1S/C16H26N2O3/c1-18-9-5-6-13(18)10-17-11-14(19)12-21-16-8-4-3-7-15(16)20-2/h3-4,7-8,13-14,17,19H,5-6,9-12H2,1-2H3. The quantitative estimate of drug-likeness (QED) is 0.752. The lowest BCUT2D eigenvalue weighted by Gasteiger charge is -2.21. The van der Waals surface area contributed by atoms with Gasteiger partial charge in [-0.15, -0.1) is 0 Å². The molecule has 0 bridgehead atoms. The van der Waals surface area contributed by atoms with Crippen LogP contribution in [-0.2, 0) is 0 Å². The first-order valence-electron chi connectivity index (χ1n) is 7.55. The first-order valence-corrected chi connectivity index (χ1v) is 7.55. The van der Waals surface area contributed by atoms with Gasteiger partial charge in [-0.2, -0.15) is 0 Å². The number of nitrogens with zero attached hydrogens (tertiary/aromatic N) is 1. The molecule has 1 aliphatic heterocycles. The van der Waals surface area contributed by atoms with Crippen molar-refractivity contribution in [2.24, 2.45) is 0 Å². The van der Waals surface area contributed by atoms with Crippen LogP contribution in [0, 0.1) is 0 Å². The Balaban J connectivity index is 1.66. The highest BCUT2D eigenvalue weighted by Gasteiger charge is 2.20. The molecule has 1 aromatic rings. The number of rotatable bonds is 8. The van der Waals surface area contributed by atoms with E-state index in [9.17, 15) is 5.11 Å². The smallest absolute Gasteiger partial charge is 0.161 e. The minimum atomic E-state index is -0.526. The Morgan fingerprint density at radius 3 is 2.81 bits per heavy atom. The van der Waals surface area contributed by atoms with Crippen LogP contribution < -0.4 is 14.8 Å². The predicted octanol–water partition coefficient (Wildman–Crippen LogP) is 1.12. The minimum Gasteiger partial charge on any atom is -0.493 e. The van der Waals surface area contributed by atoms with Gasteiger partial charge in [0, 0.05) is 19.1 Å². The molecule has 0 radical (unpaired) electrons. The number of methoxy groups -OCH3 is 1. The van der Waals surface area contributed by atoms with E-state index in [0.29, 0.717) is 24.1 Å². The fraction of sp³-hybridized carbons (Fsp3) is 0.625. The summed E-state index contributed by atoms with van der Waals surface area (Å²) in [6.45, 7) is 2.89. The fourth-order valence-corrected chi connectivity index (χ4v) is 2.64. The average molecular weight is 294 g/mol. The Morgan fingerprint density at radius 2 is 2.14 bits per heavy atom. The number of aliphatic hydroxyl groups is 1. The lowest BCUT2D eigenvalue weighted by atomic mass is 10.2. The van der Waals surface area contributed by atoms with Crippen molar-refractivity contribution >= 4 is 0 Å². The van der Waals surface area contributed by atoms with Gasteiger partial charge in [0.2, 0.25) is 0 Å². The number of aliphatic hydroxyl groups excluding tert-OH is 1. The number of hydrogen-bond acceptors (Lipinski definition) is 5. The lowest BCUT2D eigenvalue weighted by molar-refractivity contribution is 0.103. The normalized spacial score (nSPS) is 20.4. The van der Waals surface area contributed by atoms with Crippen molar-refractivity contribution < 1.29 is 14.6 Å². The number of nitrogens with one attached hydrogen (secondary N) is 1. The van der Waals surface area contributed by atoms with E-state index in [4.69, 9.17) is 9.47 Å². The highest BCUT2D eigenvalue weighted by atomic mass is 16.5. The molecule has 1 saturated heterocycles. The molecule has 1 fully saturated rings. The van der Waals surface area contributed by atoms with Crippen LogP contribution in [0.15, 0.2) is 24.3 Å². The molecular weight excluding hydrogens is 268 g/mol. The van der Waals surface area contributed by atoms with E-state index in [-0.39, 0.29) is 6.61 Å². The molecule has 0 aliphatic carbocycles. The highest BCUT2D eigenvalue weighted by Crippen LogP contribution is 2.25. The zero-order valence-electron chi connectivity index (χ0n) is 12.9. The molecule has 118 valence electrons. The maximum atomic E-state index is 9.97. The number of likely N-dealkylation sites (tertiary alicyclic amines) is 1. The van der Waals surface area contributed by atoms with E-state index < -0.39 is 6.10 Å². The first kappa shape index (κ1) is 16.1. The Kier molecular flexibility index (Phi) is 6.29. The molecule has 2 N–H and O–H groups in total. The molecule has 1 aromatic carbocycles. The molecule has 5 nitrogen and oxygen atoms in total. The van der Waals surface area contributed by atoms with Crippen LogP contribution >= 0.6 is 0 Å². The van der Waals surface area contributed by atoms with Crippen molar-refractivity contribution in [1.82, 2.24) is 10.2 Å². The topological polar surface area (TPSA) is 54.0 Å². The summed E-state index contributed by atoms with van der Waals surface area (Å²) in [7, 11) is 3.76. The molecule has 0 aromatic heterocycles. The molecule has 21 heavy (non-hydrogen) atoms. The van der Waals surface area contributed by atoms with Crippen LogP contribution in [0.2, 0.25) is 0 Å². The van der Waals surface area contributed by atoms with E-state index in [1.807, 2.05) is 24.3 Å². The molecule has 1 aliphatic rings. The van der Waals surface area contributed by atoms with Gasteiger partial charge in [-0.1, -0.05) is 12.1 Å². The minimum absolute atomic E-state index is 0.258. The van der Waals surface area contributed by atoms with Crippen molar-refractivity contribution in [3.05, 3.63) is 24.3 Å². The van der Waals surface area contributed by atoms with Crippen molar-refractivity contribution in [3.63, 3.8) is 0 Å². The van der Waals surface area contributed by atoms with E-state index in [1.54, 1.807) is 7.11 Å². The highest BCUT2D eigenvalue weighted by molar-refractivity contribution is 5.39. The second-order valence-corrected chi connectivity index (χ2v) is 5.55. The van der Waals surface area contributed by atoms with Gasteiger partial charge >= 0.3 is 0 Å². The summed E-state index contributed by atoms with van der Waals surface area (Å²) in [5, 5.41) is 13.3. The summed E-state index contributed by atoms with van der Waals surface area (Å²) in [5.74, 6) is 1.35. The molecule has 5 heteroatoms. The summed E-state index contributed by atoms with van der Waals surface area (Å²) in [5.41, 5.74) is 0.